The van der Waals surface area contributed by atoms with E-state index >= 15 is 0 Å². The molecule has 1 aliphatic rings. The molecule has 0 spiro atoms. The molecule has 16 heteroatoms. The third kappa shape index (κ3) is 8.49. The Morgan fingerprint density at radius 2 is 1.32 bits per heavy atom. The molecule has 1 heterocycles. The highest BCUT2D eigenvalue weighted by Gasteiger charge is 2.52. The molecule has 1 N–H and O–H groups in total. The molecule has 0 aliphatic carbocycles. The number of ether oxygens (including phenoxy) is 5. The van der Waals surface area contributed by atoms with Crippen molar-refractivity contribution < 1.29 is 69.2 Å². The van der Waals surface area contributed by atoms with Crippen LogP contribution in [0.4, 0.5) is 26.3 Å². The highest BCUT2D eigenvalue weighted by atomic mass is 19.4. The van der Waals surface area contributed by atoms with E-state index in [1.807, 2.05) is 0 Å². The molecule has 1 aromatic rings. The van der Waals surface area contributed by atoms with Gasteiger partial charge in [0.2, 0.25) is 12.2 Å². The Hall–Kier alpha value is -3.56. The molecule has 2 rings (SSSR count). The Morgan fingerprint density at radius 1 is 0.816 bits per heavy atom. The van der Waals surface area contributed by atoms with Gasteiger partial charge in [-0.15, -0.1) is 0 Å². The summed E-state index contributed by atoms with van der Waals surface area (Å²) in [6.45, 7) is 3.28. The van der Waals surface area contributed by atoms with Crippen molar-refractivity contribution in [3.05, 3.63) is 29.3 Å². The van der Waals surface area contributed by atoms with E-state index in [9.17, 15) is 45.5 Å². The molecule has 1 aliphatic heterocycles. The van der Waals surface area contributed by atoms with Crippen LogP contribution < -0.4 is 10.1 Å². The third-order valence-electron chi connectivity index (χ3n) is 4.88. The number of halogens is 6. The van der Waals surface area contributed by atoms with Crippen LogP contribution in [0.25, 0.3) is 0 Å². The topological polar surface area (TPSA) is 126 Å². The van der Waals surface area contributed by atoms with Gasteiger partial charge >= 0.3 is 30.3 Å². The summed E-state index contributed by atoms with van der Waals surface area (Å²) in [4.78, 5) is 46.8. The average molecular weight is 559 g/mol. The van der Waals surface area contributed by atoms with E-state index in [4.69, 9.17) is 23.7 Å². The fourth-order valence-electron chi connectivity index (χ4n) is 3.52. The second kappa shape index (κ2) is 11.9. The largest absolute Gasteiger partial charge is 0.463 e. The van der Waals surface area contributed by atoms with Crippen molar-refractivity contribution in [1.82, 2.24) is 5.32 Å². The summed E-state index contributed by atoms with van der Waals surface area (Å²) < 4.78 is 106. The van der Waals surface area contributed by atoms with Gasteiger partial charge < -0.3 is 29.0 Å². The van der Waals surface area contributed by atoms with Crippen LogP contribution >= 0.6 is 0 Å². The number of carbonyl (C=O) groups is 4. The summed E-state index contributed by atoms with van der Waals surface area (Å²) in [5.41, 5.74) is -3.39. The third-order valence-corrected chi connectivity index (χ3v) is 4.88. The van der Waals surface area contributed by atoms with Crippen LogP contribution in [0.2, 0.25) is 0 Å². The molecule has 212 valence electrons. The molecule has 38 heavy (non-hydrogen) atoms. The highest BCUT2D eigenvalue weighted by molar-refractivity contribution is 5.73. The normalized spacial score (nSPS) is 23.7. The number of esters is 3. The van der Waals surface area contributed by atoms with Crippen LogP contribution in [0.1, 0.15) is 38.8 Å². The maximum Gasteiger partial charge on any atom is 0.416 e. The fourth-order valence-corrected chi connectivity index (χ4v) is 3.52. The lowest BCUT2D eigenvalue weighted by atomic mass is 9.96. The van der Waals surface area contributed by atoms with Gasteiger partial charge in [0.15, 0.2) is 12.2 Å². The molecule has 1 saturated heterocycles. The molecule has 0 unspecified atom stereocenters. The lowest BCUT2D eigenvalue weighted by molar-refractivity contribution is -0.257. The smallest absolute Gasteiger partial charge is 0.416 e. The molecule has 0 radical (unpaired) electrons. The predicted molar refractivity (Wildman–Crippen MR) is 111 cm³/mol. The number of benzene rings is 1. The molecule has 5 atom stereocenters. The molecule has 10 nitrogen and oxygen atoms in total. The van der Waals surface area contributed by atoms with Crippen molar-refractivity contribution in [1.29, 1.82) is 0 Å². The van der Waals surface area contributed by atoms with E-state index in [1.54, 1.807) is 0 Å². The van der Waals surface area contributed by atoms with Gasteiger partial charge in [-0.05, 0) is 18.2 Å². The minimum atomic E-state index is -5.19. The average Bonchev–Trinajstić information content (AvgIpc) is 2.74. The second-order valence-corrected chi connectivity index (χ2v) is 8.08. The minimum Gasteiger partial charge on any atom is -0.463 e. The van der Waals surface area contributed by atoms with Crippen LogP contribution in [0.5, 0.6) is 5.75 Å². The van der Waals surface area contributed by atoms with E-state index in [1.165, 1.54) is 0 Å². The Labute approximate surface area is 211 Å². The highest BCUT2D eigenvalue weighted by Crippen LogP contribution is 2.39. The number of carbonyl (C=O) groups excluding carboxylic acids is 4. The van der Waals surface area contributed by atoms with Crippen LogP contribution in [-0.2, 0) is 50.5 Å². The van der Waals surface area contributed by atoms with Gasteiger partial charge in [0.05, 0.1) is 11.1 Å². The Balaban J connectivity index is 2.62. The first-order chi connectivity index (χ1) is 17.4. The zero-order valence-electron chi connectivity index (χ0n) is 20.3. The van der Waals surface area contributed by atoms with Crippen molar-refractivity contribution in [3.63, 3.8) is 0 Å². The lowest BCUT2D eigenvalue weighted by Crippen LogP contribution is -2.67. The Morgan fingerprint density at radius 3 is 1.74 bits per heavy atom. The minimum absolute atomic E-state index is 0.123. The first kappa shape index (κ1) is 30.7. The summed E-state index contributed by atoms with van der Waals surface area (Å²) in [6.07, 6.45) is -17.0. The second-order valence-electron chi connectivity index (χ2n) is 8.08. The maximum absolute atomic E-state index is 13.3. The number of amides is 1. The van der Waals surface area contributed by atoms with Crippen LogP contribution in [0.3, 0.4) is 0 Å². The summed E-state index contributed by atoms with van der Waals surface area (Å²) in [5.74, 6) is -4.48. The van der Waals surface area contributed by atoms with Crippen molar-refractivity contribution in [2.75, 3.05) is 6.61 Å². The van der Waals surface area contributed by atoms with Crippen molar-refractivity contribution >= 4 is 23.8 Å². The van der Waals surface area contributed by atoms with E-state index in [0.717, 1.165) is 27.7 Å². The van der Waals surface area contributed by atoms with Crippen LogP contribution in [0, 0.1) is 0 Å². The van der Waals surface area contributed by atoms with Gasteiger partial charge in [-0.2, -0.15) is 26.3 Å². The first-order valence-electron chi connectivity index (χ1n) is 10.7. The van der Waals surface area contributed by atoms with Gasteiger partial charge in [-0.1, -0.05) is 0 Å². The van der Waals surface area contributed by atoms with Gasteiger partial charge in [0, 0.05) is 27.7 Å². The number of alkyl halides is 6. The molecule has 1 fully saturated rings. The zero-order chi connectivity index (χ0) is 29.0. The number of nitrogens with one attached hydrogen (secondary N) is 1. The molecular formula is C22H23F6NO9. The molecule has 0 saturated carbocycles. The van der Waals surface area contributed by atoms with E-state index in [-0.39, 0.29) is 18.2 Å². The summed E-state index contributed by atoms with van der Waals surface area (Å²) >= 11 is 0. The van der Waals surface area contributed by atoms with Crippen LogP contribution in [-0.4, -0.2) is 61.1 Å². The zero-order valence-corrected chi connectivity index (χ0v) is 20.3. The molecule has 0 bridgehead atoms. The standard InChI is InChI=1S/C22H23F6NO9/c1-9(30)29-17-19(36-12(4)33)18(35-11(3)32)16(8-34-10(2)31)38-20(17)37-15-6-13(21(23,24)25)5-14(7-15)22(26,27)28/h5-7,16-20H,8H2,1-4H3,(H,29,30)/t16-,17-,18+,19-,20-/m0/s1. The first-order valence-corrected chi connectivity index (χ1v) is 10.7. The van der Waals surface area contributed by atoms with Crippen molar-refractivity contribution in [2.24, 2.45) is 0 Å². The van der Waals surface area contributed by atoms with E-state index in [0.29, 0.717) is 0 Å². The Kier molecular flexibility index (Phi) is 9.58. The molecule has 1 aromatic carbocycles. The van der Waals surface area contributed by atoms with Crippen molar-refractivity contribution in [3.8, 4) is 5.75 Å². The summed E-state index contributed by atoms with van der Waals surface area (Å²) in [5, 5.41) is 2.28. The number of hydrogen-bond donors (Lipinski definition) is 1. The maximum atomic E-state index is 13.3. The fraction of sp³-hybridized carbons (Fsp3) is 0.545. The lowest BCUT2D eigenvalue weighted by Gasteiger charge is -2.44. The quantitative estimate of drug-likeness (QED) is 0.305. The van der Waals surface area contributed by atoms with E-state index in [2.05, 4.69) is 5.32 Å². The SMILES string of the molecule is CC(=O)N[C@@H]1[C@@H](Oc2cc(C(F)(F)F)cc(C(F)(F)F)c2)O[C@@H](COC(C)=O)[C@@H](OC(C)=O)[C@H]1OC(C)=O. The number of rotatable bonds is 7. The number of hydrogen-bond acceptors (Lipinski definition) is 9. The molecule has 1 amide bonds. The van der Waals surface area contributed by atoms with Crippen LogP contribution in [0.15, 0.2) is 18.2 Å². The molecule has 0 aromatic heterocycles. The van der Waals surface area contributed by atoms with Crippen molar-refractivity contribution in [2.45, 2.75) is 70.7 Å². The molecular weight excluding hydrogens is 536 g/mol. The van der Waals surface area contributed by atoms with Gasteiger partial charge in [0.1, 0.15) is 24.5 Å². The Bertz CT molecular complexity index is 1030. The summed E-state index contributed by atoms with van der Waals surface area (Å²) in [7, 11) is 0. The van der Waals surface area contributed by atoms with Gasteiger partial charge in [0.25, 0.3) is 0 Å². The van der Waals surface area contributed by atoms with E-state index < -0.39 is 90.3 Å². The van der Waals surface area contributed by atoms with Gasteiger partial charge in [-0.25, -0.2) is 0 Å². The van der Waals surface area contributed by atoms with Gasteiger partial charge in [-0.3, -0.25) is 19.2 Å². The monoisotopic (exact) mass is 559 g/mol. The predicted octanol–water partition coefficient (Wildman–Crippen LogP) is 2.76. The summed E-state index contributed by atoms with van der Waals surface area (Å²) in [6, 6.07) is -1.20.